The van der Waals surface area contributed by atoms with Gasteiger partial charge in [0.2, 0.25) is 0 Å². The van der Waals surface area contributed by atoms with Crippen LogP contribution in [0.5, 0.6) is 0 Å². The van der Waals surface area contributed by atoms with Crippen LogP contribution in [0.3, 0.4) is 0 Å². The summed E-state index contributed by atoms with van der Waals surface area (Å²) in [6.07, 6.45) is 0. The molecule has 1 aliphatic heterocycles. The monoisotopic (exact) mass is 540 g/mol. The second-order valence-electron chi connectivity index (χ2n) is 6.83. The number of hydrogen-bond donors (Lipinski definition) is 1. The van der Waals surface area contributed by atoms with Gasteiger partial charge in [0, 0.05) is 0 Å². The van der Waals surface area contributed by atoms with E-state index in [9.17, 15) is 9.69 Å². The fourth-order valence-corrected chi connectivity index (χ4v) is 9.39. The molecule has 3 aromatic rings. The SMILES string of the molecule is Cc1csc([PH]2(O)C(C)N(c3ccc(Br)cc3)C(=O)N2c2ccc(Br)cc2)c1. The molecule has 1 aliphatic rings. The Balaban J connectivity index is 1.88. The first-order valence-electron chi connectivity index (χ1n) is 8.75. The van der Waals surface area contributed by atoms with E-state index < -0.39 is 7.64 Å². The van der Waals surface area contributed by atoms with Crippen molar-refractivity contribution in [3.05, 3.63) is 74.5 Å². The molecule has 0 radical (unpaired) electrons. The Labute approximate surface area is 185 Å². The van der Waals surface area contributed by atoms with Crippen molar-refractivity contribution in [1.82, 2.24) is 0 Å². The van der Waals surface area contributed by atoms with Gasteiger partial charge in [-0.1, -0.05) is 0 Å². The number of hydrogen-bond acceptors (Lipinski definition) is 3. The summed E-state index contributed by atoms with van der Waals surface area (Å²) in [6.45, 7) is 3.95. The molecular formula is C20H19Br2N2O2PS. The van der Waals surface area contributed by atoms with Crippen LogP contribution in [0.2, 0.25) is 0 Å². The number of carbonyl (C=O) groups excluding carboxylic acids is 1. The van der Waals surface area contributed by atoms with E-state index in [2.05, 4.69) is 31.9 Å². The zero-order chi connectivity index (χ0) is 20.1. The molecule has 0 saturated carbocycles. The minimum absolute atomic E-state index is 0.197. The zero-order valence-corrected chi connectivity index (χ0v) is 20.3. The van der Waals surface area contributed by atoms with E-state index >= 15 is 0 Å². The number of halogens is 2. The average Bonchev–Trinajstić information content (AvgIpc) is 3.19. The van der Waals surface area contributed by atoms with E-state index in [1.807, 2.05) is 73.8 Å². The number of aryl methyl sites for hydroxylation is 1. The predicted molar refractivity (Wildman–Crippen MR) is 127 cm³/mol. The minimum atomic E-state index is -3.35. The summed E-state index contributed by atoms with van der Waals surface area (Å²) < 4.78 is 4.39. The third kappa shape index (κ3) is 3.23. The van der Waals surface area contributed by atoms with Crippen LogP contribution >= 0.6 is 50.8 Å². The van der Waals surface area contributed by atoms with Crippen molar-refractivity contribution >= 4 is 72.9 Å². The first-order valence-corrected chi connectivity index (χ1v) is 13.2. The van der Waals surface area contributed by atoms with Crippen molar-refractivity contribution in [3.63, 3.8) is 0 Å². The van der Waals surface area contributed by atoms with Crippen molar-refractivity contribution in [2.24, 2.45) is 0 Å². The molecule has 0 bridgehead atoms. The molecule has 1 atom stereocenters. The predicted octanol–water partition coefficient (Wildman–Crippen LogP) is 6.27. The molecule has 1 aromatic heterocycles. The second kappa shape index (κ2) is 7.54. The van der Waals surface area contributed by atoms with Crippen molar-refractivity contribution in [1.29, 1.82) is 0 Å². The second-order valence-corrected chi connectivity index (χ2v) is 13.2. The zero-order valence-electron chi connectivity index (χ0n) is 15.3. The number of rotatable bonds is 3. The molecule has 2 amide bonds. The van der Waals surface area contributed by atoms with Crippen molar-refractivity contribution in [2.45, 2.75) is 19.6 Å². The van der Waals surface area contributed by atoms with Gasteiger partial charge in [-0.25, -0.2) is 0 Å². The molecule has 1 fully saturated rings. The number of nitrogens with zero attached hydrogens (tertiary/aromatic N) is 2. The van der Waals surface area contributed by atoms with Gasteiger partial charge in [0.25, 0.3) is 0 Å². The molecule has 1 unspecified atom stereocenters. The van der Waals surface area contributed by atoms with Gasteiger partial charge < -0.3 is 0 Å². The summed E-state index contributed by atoms with van der Waals surface area (Å²) in [5, 5.41) is 2.03. The van der Waals surface area contributed by atoms with Gasteiger partial charge in [0.1, 0.15) is 0 Å². The number of benzene rings is 2. The molecule has 1 saturated heterocycles. The first-order chi connectivity index (χ1) is 13.3. The van der Waals surface area contributed by atoms with Crippen LogP contribution < -0.4 is 14.2 Å². The Bertz CT molecular complexity index is 1030. The van der Waals surface area contributed by atoms with Gasteiger partial charge in [-0.3, -0.25) is 0 Å². The summed E-state index contributed by atoms with van der Waals surface area (Å²) in [4.78, 5) is 27.4. The fraction of sp³-hybridized carbons (Fsp3) is 0.150. The number of urea groups is 1. The Morgan fingerprint density at radius 2 is 1.54 bits per heavy atom. The van der Waals surface area contributed by atoms with Crippen LogP contribution in [0.1, 0.15) is 12.5 Å². The normalized spacial score (nSPS) is 19.9. The average molecular weight is 542 g/mol. The molecule has 4 rings (SSSR count). The number of carbonyl (C=O) groups is 1. The fourth-order valence-electron chi connectivity index (χ4n) is 3.56. The van der Waals surface area contributed by atoms with Gasteiger partial charge in [-0.05, 0) is 0 Å². The van der Waals surface area contributed by atoms with Gasteiger partial charge in [-0.15, -0.1) is 0 Å². The van der Waals surface area contributed by atoms with Crippen molar-refractivity contribution in [3.8, 4) is 0 Å². The topological polar surface area (TPSA) is 43.8 Å². The Morgan fingerprint density at radius 1 is 1.00 bits per heavy atom. The first kappa shape index (κ1) is 20.0. The third-order valence-corrected chi connectivity index (χ3v) is 11.6. The molecule has 28 heavy (non-hydrogen) atoms. The molecule has 0 spiro atoms. The van der Waals surface area contributed by atoms with Crippen LogP contribution in [-0.4, -0.2) is 16.7 Å². The van der Waals surface area contributed by atoms with E-state index in [-0.39, 0.29) is 11.8 Å². The quantitative estimate of drug-likeness (QED) is 0.397. The van der Waals surface area contributed by atoms with E-state index in [1.54, 1.807) is 9.57 Å². The number of anilines is 2. The van der Waals surface area contributed by atoms with E-state index in [0.29, 0.717) is 5.69 Å². The van der Waals surface area contributed by atoms with E-state index in [0.717, 1.165) is 24.8 Å². The van der Waals surface area contributed by atoms with Gasteiger partial charge in [0.15, 0.2) is 0 Å². The third-order valence-electron chi connectivity index (χ3n) is 4.99. The maximum atomic E-state index is 13.6. The standard InChI is InChI=1S/C20H19Br2N2O2PS/c1-13-11-19(28-12-13)27(26)14(2)23(17-7-3-15(21)4-8-17)20(25)24(27)18-9-5-16(22)6-10-18/h3-12,14,26-27H,1-2H3. The molecule has 2 aromatic carbocycles. The summed E-state index contributed by atoms with van der Waals surface area (Å²) in [5.41, 5.74) is 2.58. The number of thiophene rings is 1. The summed E-state index contributed by atoms with van der Waals surface area (Å²) >= 11 is 8.42. The Kier molecular flexibility index (Phi) is 5.40. The molecular weight excluding hydrogens is 523 g/mol. The maximum absolute atomic E-state index is 13.6. The summed E-state index contributed by atoms with van der Waals surface area (Å²) in [5.74, 6) is -0.345. The van der Waals surface area contributed by atoms with Crippen LogP contribution in [0.4, 0.5) is 16.2 Å². The number of amides is 2. The summed E-state index contributed by atoms with van der Waals surface area (Å²) in [7, 11) is -3.35. The van der Waals surface area contributed by atoms with Crippen molar-refractivity contribution in [2.75, 3.05) is 9.57 Å². The van der Waals surface area contributed by atoms with Gasteiger partial charge >= 0.3 is 186 Å². The van der Waals surface area contributed by atoms with E-state index in [1.165, 1.54) is 11.3 Å². The van der Waals surface area contributed by atoms with Gasteiger partial charge in [-0.2, -0.15) is 0 Å². The van der Waals surface area contributed by atoms with Crippen LogP contribution in [0.25, 0.3) is 0 Å². The molecule has 0 aliphatic carbocycles. The molecule has 8 heteroatoms. The Morgan fingerprint density at radius 3 is 2.04 bits per heavy atom. The van der Waals surface area contributed by atoms with Gasteiger partial charge in [0.05, 0.1) is 0 Å². The molecule has 1 N–H and O–H groups in total. The Hall–Kier alpha value is -1.24. The van der Waals surface area contributed by atoms with Crippen LogP contribution in [-0.2, 0) is 0 Å². The molecule has 4 nitrogen and oxygen atoms in total. The van der Waals surface area contributed by atoms with Crippen molar-refractivity contribution < 1.29 is 9.69 Å². The molecule has 146 valence electrons. The molecule has 2 heterocycles. The van der Waals surface area contributed by atoms with E-state index in [4.69, 9.17) is 0 Å². The van der Waals surface area contributed by atoms with Crippen LogP contribution in [0.15, 0.2) is 68.9 Å². The summed E-state index contributed by atoms with van der Waals surface area (Å²) in [6, 6.07) is 17.0. The van der Waals surface area contributed by atoms with Crippen LogP contribution in [0, 0.1) is 6.92 Å².